The van der Waals surface area contributed by atoms with Crippen molar-refractivity contribution in [3.8, 4) is 0 Å². The molecule has 2 saturated heterocycles. The molecule has 0 amide bonds. The van der Waals surface area contributed by atoms with Gasteiger partial charge in [0, 0.05) is 39.3 Å². The molecule has 0 bridgehead atoms. The van der Waals surface area contributed by atoms with E-state index in [0.717, 1.165) is 5.92 Å². The third-order valence-electron chi connectivity index (χ3n) is 4.67. The minimum Gasteiger partial charge on any atom is -0.302 e. The van der Waals surface area contributed by atoms with Crippen molar-refractivity contribution in [2.45, 2.75) is 39.5 Å². The zero-order valence-electron chi connectivity index (χ0n) is 13.1. The molecule has 2 rings (SSSR count). The molecule has 0 aromatic heterocycles. The zero-order chi connectivity index (χ0) is 13.5. The van der Waals surface area contributed by atoms with E-state index in [1.54, 1.807) is 0 Å². The summed E-state index contributed by atoms with van der Waals surface area (Å²) in [5, 5.41) is 0. The lowest BCUT2D eigenvalue weighted by molar-refractivity contribution is 0.111. The minimum absolute atomic E-state index is 0.845. The maximum Gasteiger partial charge on any atom is 0.0110 e. The van der Waals surface area contributed by atoms with Crippen LogP contribution in [0.25, 0.3) is 0 Å². The van der Waals surface area contributed by atoms with Crippen LogP contribution in [0.15, 0.2) is 0 Å². The topological polar surface area (TPSA) is 9.72 Å². The number of rotatable bonds is 6. The van der Waals surface area contributed by atoms with Crippen LogP contribution in [-0.2, 0) is 0 Å². The Kier molecular flexibility index (Phi) is 6.62. The fourth-order valence-electron chi connectivity index (χ4n) is 3.14. The van der Waals surface area contributed by atoms with E-state index in [0.29, 0.717) is 0 Å². The van der Waals surface area contributed by atoms with Crippen LogP contribution in [-0.4, -0.2) is 73.6 Å². The summed E-state index contributed by atoms with van der Waals surface area (Å²) >= 11 is 0. The van der Waals surface area contributed by atoms with Gasteiger partial charge in [0.25, 0.3) is 0 Å². The van der Waals surface area contributed by atoms with Gasteiger partial charge in [0.1, 0.15) is 0 Å². The second-order valence-electron chi connectivity index (χ2n) is 6.77. The van der Waals surface area contributed by atoms with Gasteiger partial charge in [-0.15, -0.1) is 0 Å². The molecule has 2 aliphatic heterocycles. The van der Waals surface area contributed by atoms with Gasteiger partial charge in [0.15, 0.2) is 0 Å². The summed E-state index contributed by atoms with van der Waals surface area (Å²) in [6, 6.07) is 0. The first-order chi connectivity index (χ1) is 9.24. The number of hydrogen-bond donors (Lipinski definition) is 0. The van der Waals surface area contributed by atoms with Crippen LogP contribution in [0.2, 0.25) is 0 Å². The van der Waals surface area contributed by atoms with E-state index in [4.69, 9.17) is 0 Å². The van der Waals surface area contributed by atoms with Gasteiger partial charge in [-0.05, 0) is 44.8 Å². The first kappa shape index (κ1) is 15.3. The van der Waals surface area contributed by atoms with Crippen LogP contribution in [0, 0.1) is 5.92 Å². The summed E-state index contributed by atoms with van der Waals surface area (Å²) in [5.41, 5.74) is 0. The zero-order valence-corrected chi connectivity index (χ0v) is 13.1. The van der Waals surface area contributed by atoms with Crippen LogP contribution in [0.5, 0.6) is 0 Å². The Hall–Kier alpha value is -0.120. The van der Waals surface area contributed by atoms with Gasteiger partial charge in [-0.25, -0.2) is 0 Å². The molecule has 0 atom stereocenters. The van der Waals surface area contributed by atoms with Gasteiger partial charge in [-0.2, -0.15) is 0 Å². The minimum atomic E-state index is 0.845. The molecular formula is C16H33N3. The van der Waals surface area contributed by atoms with Crippen molar-refractivity contribution in [2.75, 3.05) is 58.9 Å². The number of hydrogen-bond acceptors (Lipinski definition) is 3. The van der Waals surface area contributed by atoms with Gasteiger partial charge >= 0.3 is 0 Å². The van der Waals surface area contributed by atoms with Crippen molar-refractivity contribution in [2.24, 2.45) is 5.92 Å². The molecule has 0 saturated carbocycles. The van der Waals surface area contributed by atoms with Gasteiger partial charge in [-0.1, -0.05) is 20.3 Å². The van der Waals surface area contributed by atoms with Gasteiger partial charge < -0.3 is 9.80 Å². The number of likely N-dealkylation sites (tertiary alicyclic amines) is 1. The van der Waals surface area contributed by atoms with E-state index in [2.05, 4.69) is 28.5 Å². The van der Waals surface area contributed by atoms with E-state index in [-0.39, 0.29) is 0 Å². The molecule has 0 unspecified atom stereocenters. The summed E-state index contributed by atoms with van der Waals surface area (Å²) in [5.74, 6) is 0.845. The monoisotopic (exact) mass is 267 g/mol. The maximum absolute atomic E-state index is 2.67. The molecule has 0 N–H and O–H groups in total. The quantitative estimate of drug-likeness (QED) is 0.730. The van der Waals surface area contributed by atoms with Crippen molar-refractivity contribution in [1.29, 1.82) is 0 Å². The highest BCUT2D eigenvalue weighted by Crippen LogP contribution is 2.09. The van der Waals surface area contributed by atoms with Crippen LogP contribution < -0.4 is 0 Å². The summed E-state index contributed by atoms with van der Waals surface area (Å²) < 4.78 is 0. The molecule has 2 heterocycles. The summed E-state index contributed by atoms with van der Waals surface area (Å²) in [4.78, 5) is 7.98. The van der Waals surface area contributed by atoms with Crippen LogP contribution >= 0.6 is 0 Å². The highest BCUT2D eigenvalue weighted by molar-refractivity contribution is 4.74. The van der Waals surface area contributed by atoms with Gasteiger partial charge in [-0.3, -0.25) is 4.90 Å². The number of piperazine rings is 1. The lowest BCUT2D eigenvalue weighted by atomic mass is 10.1. The molecule has 0 radical (unpaired) electrons. The van der Waals surface area contributed by atoms with Crippen LogP contribution in [0.4, 0.5) is 0 Å². The van der Waals surface area contributed by atoms with Crippen molar-refractivity contribution in [1.82, 2.24) is 14.7 Å². The first-order valence-electron chi connectivity index (χ1n) is 8.41. The molecule has 0 spiro atoms. The lowest BCUT2D eigenvalue weighted by Crippen LogP contribution is -2.49. The van der Waals surface area contributed by atoms with E-state index >= 15 is 0 Å². The molecule has 3 nitrogen and oxygen atoms in total. The predicted octanol–water partition coefficient (Wildman–Crippen LogP) is 2.14. The molecule has 0 aromatic carbocycles. The standard InChI is InChI=1S/C16H33N3/c1-16(2)6-9-18-11-14-19(15-12-18)13-10-17-7-4-3-5-8-17/h16H,3-15H2,1-2H3. The second kappa shape index (κ2) is 8.23. The molecule has 3 heteroatoms. The first-order valence-corrected chi connectivity index (χ1v) is 8.41. The normalized spacial score (nSPS) is 24.2. The second-order valence-corrected chi connectivity index (χ2v) is 6.77. The third kappa shape index (κ3) is 5.80. The van der Waals surface area contributed by atoms with Crippen molar-refractivity contribution < 1.29 is 0 Å². The van der Waals surface area contributed by atoms with E-state index in [1.807, 2.05) is 0 Å². The van der Waals surface area contributed by atoms with E-state index in [9.17, 15) is 0 Å². The van der Waals surface area contributed by atoms with E-state index < -0.39 is 0 Å². The maximum atomic E-state index is 2.67. The van der Waals surface area contributed by atoms with Crippen LogP contribution in [0.1, 0.15) is 39.5 Å². The van der Waals surface area contributed by atoms with Crippen LogP contribution in [0.3, 0.4) is 0 Å². The van der Waals surface area contributed by atoms with Crippen molar-refractivity contribution in [3.05, 3.63) is 0 Å². The molecule has 19 heavy (non-hydrogen) atoms. The summed E-state index contributed by atoms with van der Waals surface area (Å²) in [6.45, 7) is 16.4. The largest absolute Gasteiger partial charge is 0.302 e. The summed E-state index contributed by atoms with van der Waals surface area (Å²) in [7, 11) is 0. The number of nitrogens with zero attached hydrogens (tertiary/aromatic N) is 3. The van der Waals surface area contributed by atoms with Gasteiger partial charge in [0.2, 0.25) is 0 Å². The fraction of sp³-hybridized carbons (Fsp3) is 1.00. The Morgan fingerprint density at radius 3 is 1.63 bits per heavy atom. The Morgan fingerprint density at radius 2 is 1.11 bits per heavy atom. The predicted molar refractivity (Wildman–Crippen MR) is 82.6 cm³/mol. The lowest BCUT2D eigenvalue weighted by Gasteiger charge is -2.36. The number of piperidine rings is 1. The summed E-state index contributed by atoms with van der Waals surface area (Å²) in [6.07, 6.45) is 5.64. The van der Waals surface area contributed by atoms with Crippen molar-refractivity contribution >= 4 is 0 Å². The smallest absolute Gasteiger partial charge is 0.0110 e. The highest BCUT2D eigenvalue weighted by Gasteiger charge is 2.18. The Balaban J connectivity index is 1.55. The SMILES string of the molecule is CC(C)CCN1CCN(CCN2CCCCC2)CC1. The molecule has 2 fully saturated rings. The molecule has 2 aliphatic rings. The van der Waals surface area contributed by atoms with E-state index in [1.165, 1.54) is 84.6 Å². The fourth-order valence-corrected chi connectivity index (χ4v) is 3.14. The molecule has 112 valence electrons. The Labute approximate surface area is 119 Å². The Morgan fingerprint density at radius 1 is 0.632 bits per heavy atom. The Bertz CT molecular complexity index is 228. The molecular weight excluding hydrogens is 234 g/mol. The van der Waals surface area contributed by atoms with Crippen molar-refractivity contribution in [3.63, 3.8) is 0 Å². The average Bonchev–Trinajstić information content (AvgIpc) is 2.45. The molecule has 0 aliphatic carbocycles. The third-order valence-corrected chi connectivity index (χ3v) is 4.67. The van der Waals surface area contributed by atoms with Gasteiger partial charge in [0.05, 0.1) is 0 Å². The molecule has 0 aromatic rings. The average molecular weight is 267 g/mol. The highest BCUT2D eigenvalue weighted by atomic mass is 15.3.